The maximum absolute atomic E-state index is 5.75. The molecule has 1 fully saturated rings. The lowest BCUT2D eigenvalue weighted by Crippen LogP contribution is -2.39. The molecule has 0 spiro atoms. The molecule has 1 aliphatic heterocycles. The van der Waals surface area contributed by atoms with Gasteiger partial charge in [0.2, 0.25) is 0 Å². The van der Waals surface area contributed by atoms with Crippen LogP contribution in [0.2, 0.25) is 0 Å². The number of rotatable bonds is 10. The molecule has 1 heterocycles. The molecule has 0 aromatic heterocycles. The summed E-state index contributed by atoms with van der Waals surface area (Å²) < 4.78 is 16.4. The van der Waals surface area contributed by atoms with Crippen LogP contribution in [0, 0.1) is 12.3 Å². The van der Waals surface area contributed by atoms with Crippen LogP contribution in [0.5, 0.6) is 5.75 Å². The Morgan fingerprint density at radius 1 is 1.30 bits per heavy atom. The number of guanidine groups is 1. The van der Waals surface area contributed by atoms with E-state index >= 15 is 0 Å². The first-order valence-corrected chi connectivity index (χ1v) is 9.11. The van der Waals surface area contributed by atoms with E-state index in [1.165, 1.54) is 5.56 Å². The number of benzene rings is 1. The number of halogens is 1. The van der Waals surface area contributed by atoms with E-state index in [1.54, 1.807) is 7.05 Å². The Balaban J connectivity index is 0.00000364. The van der Waals surface area contributed by atoms with Crippen LogP contribution in [-0.2, 0) is 15.9 Å². The molecule has 27 heavy (non-hydrogen) atoms. The summed E-state index contributed by atoms with van der Waals surface area (Å²) in [5, 5.41) is 6.62. The van der Waals surface area contributed by atoms with Crippen molar-refractivity contribution in [3.05, 3.63) is 29.8 Å². The Morgan fingerprint density at radius 2 is 2.07 bits per heavy atom. The average Bonchev–Trinajstić information content (AvgIpc) is 3.19. The third-order valence-corrected chi connectivity index (χ3v) is 4.03. The first-order chi connectivity index (χ1) is 12.8. The molecule has 2 rings (SSSR count). The molecule has 0 bridgehead atoms. The van der Waals surface area contributed by atoms with Crippen molar-refractivity contribution in [2.24, 2.45) is 4.99 Å². The van der Waals surface area contributed by atoms with E-state index in [0.29, 0.717) is 6.61 Å². The number of nitrogens with zero attached hydrogens (tertiary/aromatic N) is 1. The average molecular weight is 487 g/mol. The van der Waals surface area contributed by atoms with Crippen molar-refractivity contribution in [2.75, 3.05) is 46.6 Å². The minimum absolute atomic E-state index is 0. The van der Waals surface area contributed by atoms with Gasteiger partial charge in [-0.05, 0) is 37.0 Å². The van der Waals surface area contributed by atoms with Gasteiger partial charge in [0.1, 0.15) is 12.4 Å². The standard InChI is InChI=1S/C20H29N3O3.HI/c1-3-13-25-18-7-5-17(6-8-18)9-12-23-20(21-2)22-11-4-14-26-19-10-15-24-16-19;/h1,5-8,19H,4,9-16H2,2H3,(H2,21,22,23);1H. The summed E-state index contributed by atoms with van der Waals surface area (Å²) >= 11 is 0. The summed E-state index contributed by atoms with van der Waals surface area (Å²) in [7, 11) is 1.78. The fraction of sp³-hybridized carbons (Fsp3) is 0.550. The van der Waals surface area contributed by atoms with Gasteiger partial charge in [0, 0.05) is 33.4 Å². The first-order valence-electron chi connectivity index (χ1n) is 9.11. The van der Waals surface area contributed by atoms with E-state index in [-0.39, 0.29) is 30.1 Å². The molecule has 0 radical (unpaired) electrons. The van der Waals surface area contributed by atoms with Crippen molar-refractivity contribution >= 4 is 29.9 Å². The molecule has 150 valence electrons. The Kier molecular flexibility index (Phi) is 12.7. The van der Waals surface area contributed by atoms with Crippen LogP contribution in [0.15, 0.2) is 29.3 Å². The monoisotopic (exact) mass is 487 g/mol. The van der Waals surface area contributed by atoms with E-state index < -0.39 is 0 Å². The summed E-state index contributed by atoms with van der Waals surface area (Å²) in [6.45, 7) is 4.22. The van der Waals surface area contributed by atoms with Crippen LogP contribution in [0.3, 0.4) is 0 Å². The molecule has 0 aliphatic carbocycles. The fourth-order valence-electron chi connectivity index (χ4n) is 2.60. The Hall–Kier alpha value is -1.50. The Bertz CT molecular complexity index is 581. The van der Waals surface area contributed by atoms with Gasteiger partial charge in [0.05, 0.1) is 12.7 Å². The topological polar surface area (TPSA) is 64.1 Å². The number of aliphatic imine (C=N–C) groups is 1. The molecule has 7 heteroatoms. The van der Waals surface area contributed by atoms with E-state index in [0.717, 1.165) is 63.9 Å². The Morgan fingerprint density at radius 3 is 2.74 bits per heavy atom. The predicted molar refractivity (Wildman–Crippen MR) is 119 cm³/mol. The second kappa shape index (κ2) is 14.5. The van der Waals surface area contributed by atoms with Crippen molar-refractivity contribution in [3.63, 3.8) is 0 Å². The van der Waals surface area contributed by atoms with Gasteiger partial charge in [-0.25, -0.2) is 0 Å². The lowest BCUT2D eigenvalue weighted by Gasteiger charge is -2.13. The number of hydrogen-bond donors (Lipinski definition) is 2. The molecule has 6 nitrogen and oxygen atoms in total. The first kappa shape index (κ1) is 23.5. The molecule has 0 amide bonds. The number of nitrogens with one attached hydrogen (secondary N) is 2. The molecular weight excluding hydrogens is 457 g/mol. The Labute approximate surface area is 179 Å². The van der Waals surface area contributed by atoms with Crippen LogP contribution in [0.25, 0.3) is 0 Å². The second-order valence-electron chi connectivity index (χ2n) is 6.02. The summed E-state index contributed by atoms with van der Waals surface area (Å²) in [6, 6.07) is 7.98. The fourth-order valence-corrected chi connectivity index (χ4v) is 2.60. The zero-order valence-corrected chi connectivity index (χ0v) is 18.2. The number of ether oxygens (including phenoxy) is 3. The smallest absolute Gasteiger partial charge is 0.190 e. The third kappa shape index (κ3) is 9.84. The summed E-state index contributed by atoms with van der Waals surface area (Å²) in [4.78, 5) is 4.24. The highest BCUT2D eigenvalue weighted by atomic mass is 127. The van der Waals surface area contributed by atoms with E-state index in [4.69, 9.17) is 20.6 Å². The van der Waals surface area contributed by atoms with Gasteiger partial charge in [-0.1, -0.05) is 18.1 Å². The zero-order chi connectivity index (χ0) is 18.5. The largest absolute Gasteiger partial charge is 0.481 e. The van der Waals surface area contributed by atoms with Crippen LogP contribution < -0.4 is 15.4 Å². The van der Waals surface area contributed by atoms with Crippen molar-refractivity contribution in [2.45, 2.75) is 25.4 Å². The normalized spacial score (nSPS) is 16.3. The highest BCUT2D eigenvalue weighted by Gasteiger charge is 2.15. The maximum Gasteiger partial charge on any atom is 0.190 e. The van der Waals surface area contributed by atoms with Crippen LogP contribution >= 0.6 is 24.0 Å². The van der Waals surface area contributed by atoms with Gasteiger partial charge in [0.25, 0.3) is 0 Å². The third-order valence-electron chi connectivity index (χ3n) is 4.03. The highest BCUT2D eigenvalue weighted by molar-refractivity contribution is 14.0. The van der Waals surface area contributed by atoms with Crippen molar-refractivity contribution in [1.82, 2.24) is 10.6 Å². The summed E-state index contributed by atoms with van der Waals surface area (Å²) in [5.74, 6) is 4.06. The van der Waals surface area contributed by atoms with Crippen LogP contribution in [0.1, 0.15) is 18.4 Å². The van der Waals surface area contributed by atoms with E-state index in [9.17, 15) is 0 Å². The quantitative estimate of drug-likeness (QED) is 0.174. The van der Waals surface area contributed by atoms with Crippen molar-refractivity contribution < 1.29 is 14.2 Å². The summed E-state index contributed by atoms with van der Waals surface area (Å²) in [6.07, 6.45) is 8.31. The molecule has 1 aromatic carbocycles. The second-order valence-corrected chi connectivity index (χ2v) is 6.02. The minimum Gasteiger partial charge on any atom is -0.481 e. The van der Waals surface area contributed by atoms with E-state index in [1.807, 2.05) is 24.3 Å². The van der Waals surface area contributed by atoms with Gasteiger partial charge in [-0.3, -0.25) is 4.99 Å². The zero-order valence-electron chi connectivity index (χ0n) is 15.9. The predicted octanol–water partition coefficient (Wildman–Crippen LogP) is 2.22. The van der Waals surface area contributed by atoms with Gasteiger partial charge < -0.3 is 24.8 Å². The maximum atomic E-state index is 5.75. The minimum atomic E-state index is 0. The number of terminal acetylenes is 1. The lowest BCUT2D eigenvalue weighted by atomic mass is 10.1. The number of hydrogen-bond acceptors (Lipinski definition) is 4. The molecule has 1 atom stereocenters. The van der Waals surface area contributed by atoms with Crippen LogP contribution in [0.4, 0.5) is 0 Å². The van der Waals surface area contributed by atoms with Gasteiger partial charge in [0.15, 0.2) is 5.96 Å². The molecule has 1 aromatic rings. The lowest BCUT2D eigenvalue weighted by molar-refractivity contribution is 0.0420. The molecule has 0 saturated carbocycles. The molecule has 1 saturated heterocycles. The molecule has 1 unspecified atom stereocenters. The molecule has 2 N–H and O–H groups in total. The van der Waals surface area contributed by atoms with Gasteiger partial charge in [-0.2, -0.15) is 0 Å². The summed E-state index contributed by atoms with van der Waals surface area (Å²) in [5.41, 5.74) is 1.23. The molecule has 1 aliphatic rings. The highest BCUT2D eigenvalue weighted by Crippen LogP contribution is 2.12. The molecular formula is C20H30IN3O3. The van der Waals surface area contributed by atoms with Crippen molar-refractivity contribution in [1.29, 1.82) is 0 Å². The van der Waals surface area contributed by atoms with Crippen molar-refractivity contribution in [3.8, 4) is 18.1 Å². The van der Waals surface area contributed by atoms with Crippen LogP contribution in [-0.4, -0.2) is 58.6 Å². The van der Waals surface area contributed by atoms with E-state index in [2.05, 4.69) is 21.5 Å². The SMILES string of the molecule is C#CCOc1ccc(CCNC(=NC)NCCCOC2CCOC2)cc1.I. The van der Waals surface area contributed by atoms with Gasteiger partial charge in [-0.15, -0.1) is 30.4 Å². The van der Waals surface area contributed by atoms with Gasteiger partial charge >= 0.3 is 0 Å².